The number of benzene rings is 3. The summed E-state index contributed by atoms with van der Waals surface area (Å²) in [5.74, 6) is 0.136. The quantitative estimate of drug-likeness (QED) is 0.406. The number of aromatic nitrogens is 1. The molecule has 1 heterocycles. The van der Waals surface area contributed by atoms with Gasteiger partial charge in [-0.05, 0) is 48.5 Å². The van der Waals surface area contributed by atoms with Gasteiger partial charge < -0.3 is 19.4 Å². The van der Waals surface area contributed by atoms with Gasteiger partial charge in [0.2, 0.25) is 0 Å². The molecule has 0 fully saturated rings. The van der Waals surface area contributed by atoms with E-state index in [1.807, 2.05) is 0 Å². The van der Waals surface area contributed by atoms with Crippen molar-refractivity contribution in [1.82, 2.24) is 4.57 Å². The Morgan fingerprint density at radius 1 is 0.886 bits per heavy atom. The SMILES string of the molecule is COc1ccc(NS(=O)(=O)c2cc(NC(=O)c3cc(=O)n(C)c4ccccc34)ccc2OC)cc1. The molecule has 1 aromatic heterocycles. The van der Waals surface area contributed by atoms with Gasteiger partial charge in [-0.1, -0.05) is 18.2 Å². The Balaban J connectivity index is 1.68. The van der Waals surface area contributed by atoms with E-state index in [9.17, 15) is 18.0 Å². The molecule has 0 saturated heterocycles. The Morgan fingerprint density at radius 3 is 2.26 bits per heavy atom. The Hall–Kier alpha value is -4.31. The molecule has 0 atom stereocenters. The lowest BCUT2D eigenvalue weighted by molar-refractivity contribution is 0.102. The number of anilines is 2. The summed E-state index contributed by atoms with van der Waals surface area (Å²) in [6.45, 7) is 0. The van der Waals surface area contributed by atoms with E-state index in [1.54, 1.807) is 55.6 Å². The van der Waals surface area contributed by atoms with E-state index in [2.05, 4.69) is 10.0 Å². The second-order valence-corrected chi connectivity index (χ2v) is 9.28. The minimum atomic E-state index is -4.07. The van der Waals surface area contributed by atoms with E-state index >= 15 is 0 Å². The summed E-state index contributed by atoms with van der Waals surface area (Å²) in [5, 5.41) is 3.28. The van der Waals surface area contributed by atoms with Gasteiger partial charge in [-0.2, -0.15) is 0 Å². The molecule has 4 rings (SSSR count). The number of nitrogens with one attached hydrogen (secondary N) is 2. The number of amides is 1. The molecule has 10 heteroatoms. The summed E-state index contributed by atoms with van der Waals surface area (Å²) in [6.07, 6.45) is 0. The molecule has 0 unspecified atom stereocenters. The molecule has 0 aliphatic carbocycles. The van der Waals surface area contributed by atoms with Crippen molar-refractivity contribution >= 4 is 38.2 Å². The number of hydrogen-bond donors (Lipinski definition) is 2. The maximum absolute atomic E-state index is 13.1. The second-order valence-electron chi connectivity index (χ2n) is 7.63. The largest absolute Gasteiger partial charge is 0.497 e. The average Bonchev–Trinajstić information content (AvgIpc) is 2.86. The molecule has 9 nitrogen and oxygen atoms in total. The van der Waals surface area contributed by atoms with Crippen LogP contribution >= 0.6 is 0 Å². The van der Waals surface area contributed by atoms with Crippen molar-refractivity contribution in [1.29, 1.82) is 0 Å². The second kappa shape index (κ2) is 9.51. The number of carbonyl (C=O) groups excluding carboxylic acids is 1. The van der Waals surface area contributed by atoms with E-state index in [-0.39, 0.29) is 27.5 Å². The average molecular weight is 494 g/mol. The van der Waals surface area contributed by atoms with E-state index in [1.165, 1.54) is 43.1 Å². The Morgan fingerprint density at radius 2 is 1.57 bits per heavy atom. The molecule has 2 N–H and O–H groups in total. The van der Waals surface area contributed by atoms with Crippen molar-refractivity contribution in [3.8, 4) is 11.5 Å². The molecule has 3 aromatic carbocycles. The summed E-state index contributed by atoms with van der Waals surface area (Å²) in [4.78, 5) is 25.3. The van der Waals surface area contributed by atoms with Crippen molar-refractivity contribution in [2.75, 3.05) is 24.3 Å². The van der Waals surface area contributed by atoms with Gasteiger partial charge in [-0.25, -0.2) is 8.42 Å². The van der Waals surface area contributed by atoms with E-state index in [0.29, 0.717) is 22.3 Å². The fourth-order valence-corrected chi connectivity index (χ4v) is 4.89. The first kappa shape index (κ1) is 23.8. The Bertz CT molecular complexity index is 1580. The van der Waals surface area contributed by atoms with Crippen LogP contribution in [0.4, 0.5) is 11.4 Å². The highest BCUT2D eigenvalue weighted by Gasteiger charge is 2.22. The van der Waals surface area contributed by atoms with Crippen LogP contribution in [-0.4, -0.2) is 33.1 Å². The Kier molecular flexibility index (Phi) is 6.48. The van der Waals surface area contributed by atoms with E-state index in [0.717, 1.165) is 0 Å². The maximum Gasteiger partial charge on any atom is 0.265 e. The van der Waals surface area contributed by atoms with Gasteiger partial charge in [-0.3, -0.25) is 14.3 Å². The molecule has 0 bridgehead atoms. The number of ether oxygens (including phenoxy) is 2. The van der Waals surface area contributed by atoms with Gasteiger partial charge in [0.05, 0.1) is 25.3 Å². The number of sulfonamides is 1. The topological polar surface area (TPSA) is 116 Å². The number of pyridine rings is 1. The number of aryl methyl sites for hydroxylation is 1. The lowest BCUT2D eigenvalue weighted by Crippen LogP contribution is -2.22. The molecule has 1 amide bonds. The van der Waals surface area contributed by atoms with Crippen LogP contribution < -0.4 is 25.1 Å². The van der Waals surface area contributed by atoms with Gasteiger partial charge in [0.25, 0.3) is 21.5 Å². The van der Waals surface area contributed by atoms with Crippen molar-refractivity contribution in [2.24, 2.45) is 7.05 Å². The first-order valence-corrected chi connectivity index (χ1v) is 12.0. The fourth-order valence-electron chi connectivity index (χ4n) is 3.63. The first-order valence-electron chi connectivity index (χ1n) is 10.5. The van der Waals surface area contributed by atoms with Crippen LogP contribution in [0.15, 0.2) is 82.5 Å². The molecule has 0 saturated carbocycles. The van der Waals surface area contributed by atoms with Crippen LogP contribution in [0.2, 0.25) is 0 Å². The number of para-hydroxylation sites is 1. The molecule has 4 aromatic rings. The number of hydrogen-bond acceptors (Lipinski definition) is 6. The fraction of sp³-hybridized carbons (Fsp3) is 0.120. The molecule has 0 aliphatic heterocycles. The van der Waals surface area contributed by atoms with Crippen molar-refractivity contribution < 1.29 is 22.7 Å². The van der Waals surface area contributed by atoms with E-state index < -0.39 is 15.9 Å². The lowest BCUT2D eigenvalue weighted by atomic mass is 10.1. The monoisotopic (exact) mass is 493 g/mol. The Labute approximate surface area is 202 Å². The summed E-state index contributed by atoms with van der Waals surface area (Å²) < 4.78 is 40.5. The zero-order valence-corrected chi connectivity index (χ0v) is 20.0. The molecule has 35 heavy (non-hydrogen) atoms. The number of nitrogens with zero attached hydrogens (tertiary/aromatic N) is 1. The molecule has 0 spiro atoms. The number of rotatable bonds is 7. The number of methoxy groups -OCH3 is 2. The first-order chi connectivity index (χ1) is 16.7. The van der Waals surface area contributed by atoms with Crippen LogP contribution in [0.3, 0.4) is 0 Å². The minimum absolute atomic E-state index is 0.100. The maximum atomic E-state index is 13.1. The summed E-state index contributed by atoms with van der Waals surface area (Å²) >= 11 is 0. The lowest BCUT2D eigenvalue weighted by Gasteiger charge is -2.14. The third kappa shape index (κ3) is 4.82. The zero-order chi connectivity index (χ0) is 25.2. The van der Waals surface area contributed by atoms with Gasteiger partial charge in [0.1, 0.15) is 16.4 Å². The molecule has 0 radical (unpaired) electrons. The van der Waals surface area contributed by atoms with Crippen molar-refractivity contribution in [3.63, 3.8) is 0 Å². The zero-order valence-electron chi connectivity index (χ0n) is 19.2. The van der Waals surface area contributed by atoms with Gasteiger partial charge in [0, 0.05) is 29.9 Å². The summed E-state index contributed by atoms with van der Waals surface area (Å²) in [6, 6.07) is 18.9. The standard InChI is InChI=1S/C25H23N3O6S/c1-28-21-7-5-4-6-19(21)20(15-24(28)29)25(30)26-17-10-13-22(34-3)23(14-17)35(31,32)27-16-8-11-18(33-2)12-9-16/h4-15,27H,1-3H3,(H,26,30). The molecule has 180 valence electrons. The van der Waals surface area contributed by atoms with Crippen LogP contribution in [0.5, 0.6) is 11.5 Å². The van der Waals surface area contributed by atoms with Gasteiger partial charge >= 0.3 is 0 Å². The highest BCUT2D eigenvalue weighted by atomic mass is 32.2. The van der Waals surface area contributed by atoms with Crippen LogP contribution in [0.1, 0.15) is 10.4 Å². The van der Waals surface area contributed by atoms with Crippen molar-refractivity contribution in [2.45, 2.75) is 4.90 Å². The third-order valence-electron chi connectivity index (χ3n) is 5.45. The summed E-state index contributed by atoms with van der Waals surface area (Å²) in [5.41, 5.74) is 0.993. The van der Waals surface area contributed by atoms with Crippen molar-refractivity contribution in [3.05, 3.63) is 88.7 Å². The molecule has 0 aliphatic rings. The third-order valence-corrected chi connectivity index (χ3v) is 6.85. The van der Waals surface area contributed by atoms with Gasteiger partial charge in [-0.15, -0.1) is 0 Å². The normalized spacial score (nSPS) is 11.2. The predicted molar refractivity (Wildman–Crippen MR) is 134 cm³/mol. The van der Waals surface area contributed by atoms with Gasteiger partial charge in [0.15, 0.2) is 0 Å². The predicted octanol–water partition coefficient (Wildman–Crippen LogP) is 3.61. The number of fused-ring (bicyclic) bond motifs is 1. The summed E-state index contributed by atoms with van der Waals surface area (Å²) in [7, 11) is 0.429. The highest BCUT2D eigenvalue weighted by molar-refractivity contribution is 7.92. The number of carbonyl (C=O) groups is 1. The minimum Gasteiger partial charge on any atom is -0.497 e. The highest BCUT2D eigenvalue weighted by Crippen LogP contribution is 2.30. The van der Waals surface area contributed by atoms with Crippen LogP contribution in [0.25, 0.3) is 10.9 Å². The van der Waals surface area contributed by atoms with E-state index in [4.69, 9.17) is 9.47 Å². The molecular formula is C25H23N3O6S. The van der Waals surface area contributed by atoms with Crippen LogP contribution in [-0.2, 0) is 17.1 Å². The van der Waals surface area contributed by atoms with Crippen LogP contribution in [0, 0.1) is 0 Å². The smallest absolute Gasteiger partial charge is 0.265 e. The molecular weight excluding hydrogens is 470 g/mol.